The highest BCUT2D eigenvalue weighted by molar-refractivity contribution is 7.91. The zero-order chi connectivity index (χ0) is 18.0. The fourth-order valence-corrected chi connectivity index (χ4v) is 5.70. The van der Waals surface area contributed by atoms with Gasteiger partial charge in [0.2, 0.25) is 0 Å². The normalized spacial score (nSPS) is 19.0. The molecule has 0 spiro atoms. The van der Waals surface area contributed by atoms with Gasteiger partial charge in [-0.25, -0.2) is 13.4 Å². The van der Waals surface area contributed by atoms with E-state index in [-0.39, 0.29) is 23.5 Å². The van der Waals surface area contributed by atoms with E-state index in [0.29, 0.717) is 23.7 Å². The Kier molecular flexibility index (Phi) is 5.46. The van der Waals surface area contributed by atoms with Crippen LogP contribution in [0.2, 0.25) is 5.02 Å². The summed E-state index contributed by atoms with van der Waals surface area (Å²) in [7, 11) is -3.04. The molecule has 1 unspecified atom stereocenters. The van der Waals surface area contributed by atoms with Gasteiger partial charge in [0.05, 0.1) is 11.5 Å². The molecule has 1 atom stereocenters. The van der Waals surface area contributed by atoms with Crippen LogP contribution in [-0.2, 0) is 9.84 Å². The molecule has 1 saturated heterocycles. The molecule has 8 heteroatoms. The van der Waals surface area contributed by atoms with E-state index in [4.69, 9.17) is 11.6 Å². The van der Waals surface area contributed by atoms with Crippen LogP contribution in [0.25, 0.3) is 10.6 Å². The highest BCUT2D eigenvalue weighted by Gasteiger charge is 2.35. The SMILES string of the molecule is CCCN(C(=O)c1csc(-c2cccc(Cl)c2)n1)C1CCS(=O)(=O)C1. The van der Waals surface area contributed by atoms with Crippen LogP contribution in [0.15, 0.2) is 29.6 Å². The molecule has 0 N–H and O–H groups in total. The standard InChI is InChI=1S/C17H19ClN2O3S2/c1-2-7-20(14-6-8-25(22,23)11-14)17(21)15-10-24-16(19-15)12-4-3-5-13(18)9-12/h3-5,9-10,14H,2,6-8,11H2,1H3. The van der Waals surface area contributed by atoms with Crippen LogP contribution in [-0.4, -0.2) is 48.3 Å². The second kappa shape index (κ2) is 7.43. The number of aromatic nitrogens is 1. The minimum absolute atomic E-state index is 0.0457. The van der Waals surface area contributed by atoms with E-state index in [1.165, 1.54) is 11.3 Å². The summed E-state index contributed by atoms with van der Waals surface area (Å²) in [5.74, 6) is -0.00602. The minimum Gasteiger partial charge on any atom is -0.333 e. The summed E-state index contributed by atoms with van der Waals surface area (Å²) >= 11 is 7.40. The molecule has 1 aromatic carbocycles. The lowest BCUT2D eigenvalue weighted by molar-refractivity contribution is 0.0692. The molecule has 3 rings (SSSR count). The van der Waals surface area contributed by atoms with Crippen LogP contribution in [0.1, 0.15) is 30.3 Å². The number of hydrogen-bond donors (Lipinski definition) is 0. The van der Waals surface area contributed by atoms with E-state index in [0.717, 1.165) is 17.0 Å². The number of benzene rings is 1. The Bertz CT molecular complexity index is 880. The molecule has 0 aliphatic carbocycles. The van der Waals surface area contributed by atoms with Gasteiger partial charge in [-0.1, -0.05) is 30.7 Å². The average molecular weight is 399 g/mol. The van der Waals surface area contributed by atoms with Gasteiger partial charge in [0.1, 0.15) is 10.7 Å². The molecule has 1 aliphatic heterocycles. The Labute approximate surface area is 156 Å². The summed E-state index contributed by atoms with van der Waals surface area (Å²) in [6.07, 6.45) is 1.27. The Morgan fingerprint density at radius 2 is 2.24 bits per heavy atom. The van der Waals surface area contributed by atoms with Crippen molar-refractivity contribution in [1.82, 2.24) is 9.88 Å². The van der Waals surface area contributed by atoms with Crippen molar-refractivity contribution in [3.05, 3.63) is 40.4 Å². The number of amides is 1. The van der Waals surface area contributed by atoms with Gasteiger partial charge in [-0.3, -0.25) is 4.79 Å². The molecule has 0 radical (unpaired) electrons. The molecule has 1 aromatic heterocycles. The second-order valence-corrected chi connectivity index (χ2v) is 9.63. The molecule has 25 heavy (non-hydrogen) atoms. The van der Waals surface area contributed by atoms with Crippen LogP contribution in [0, 0.1) is 0 Å². The first-order valence-corrected chi connectivity index (χ1v) is 11.2. The first-order chi connectivity index (χ1) is 11.9. The monoisotopic (exact) mass is 398 g/mol. The Balaban J connectivity index is 1.83. The largest absolute Gasteiger partial charge is 0.333 e. The lowest BCUT2D eigenvalue weighted by Crippen LogP contribution is -2.41. The van der Waals surface area contributed by atoms with Crippen molar-refractivity contribution in [3.63, 3.8) is 0 Å². The molecule has 2 aromatic rings. The highest BCUT2D eigenvalue weighted by atomic mass is 35.5. The first-order valence-electron chi connectivity index (χ1n) is 8.12. The fraction of sp³-hybridized carbons (Fsp3) is 0.412. The molecule has 5 nitrogen and oxygen atoms in total. The van der Waals surface area contributed by atoms with Gasteiger partial charge < -0.3 is 4.90 Å². The third kappa shape index (κ3) is 4.22. The van der Waals surface area contributed by atoms with E-state index in [9.17, 15) is 13.2 Å². The third-order valence-corrected chi connectivity index (χ3v) is 7.05. The lowest BCUT2D eigenvalue weighted by Gasteiger charge is -2.27. The van der Waals surface area contributed by atoms with Crippen LogP contribution in [0.3, 0.4) is 0 Å². The van der Waals surface area contributed by atoms with Crippen LogP contribution in [0.5, 0.6) is 0 Å². The summed E-state index contributed by atoms with van der Waals surface area (Å²) in [5, 5.41) is 3.07. The molecule has 1 fully saturated rings. The van der Waals surface area contributed by atoms with Crippen molar-refractivity contribution >= 4 is 38.7 Å². The van der Waals surface area contributed by atoms with Crippen LogP contribution < -0.4 is 0 Å². The number of carbonyl (C=O) groups is 1. The lowest BCUT2D eigenvalue weighted by atomic mass is 10.2. The van der Waals surface area contributed by atoms with Crippen LogP contribution in [0.4, 0.5) is 0 Å². The van der Waals surface area contributed by atoms with Crippen molar-refractivity contribution in [2.75, 3.05) is 18.1 Å². The third-order valence-electron chi connectivity index (χ3n) is 4.17. The average Bonchev–Trinajstić information content (AvgIpc) is 3.19. The van der Waals surface area contributed by atoms with Gasteiger partial charge in [-0.15, -0.1) is 11.3 Å². The molecule has 0 saturated carbocycles. The van der Waals surface area contributed by atoms with Gasteiger partial charge in [-0.2, -0.15) is 0 Å². The summed E-state index contributed by atoms with van der Waals surface area (Å²) < 4.78 is 23.5. The smallest absolute Gasteiger partial charge is 0.273 e. The number of carbonyl (C=O) groups excluding carboxylic acids is 1. The summed E-state index contributed by atoms with van der Waals surface area (Å²) in [6, 6.07) is 7.07. The van der Waals surface area contributed by atoms with Gasteiger partial charge in [0.15, 0.2) is 9.84 Å². The van der Waals surface area contributed by atoms with Crippen molar-refractivity contribution in [3.8, 4) is 10.6 Å². The van der Waals surface area contributed by atoms with Gasteiger partial charge in [0, 0.05) is 28.6 Å². The quantitative estimate of drug-likeness (QED) is 0.772. The Morgan fingerprint density at radius 1 is 1.44 bits per heavy atom. The number of thiazole rings is 1. The zero-order valence-electron chi connectivity index (χ0n) is 13.8. The van der Waals surface area contributed by atoms with E-state index >= 15 is 0 Å². The molecule has 134 valence electrons. The first kappa shape index (κ1) is 18.4. The molecular weight excluding hydrogens is 380 g/mol. The maximum atomic E-state index is 12.9. The molecule has 1 aliphatic rings. The second-order valence-electron chi connectivity index (χ2n) is 6.10. The number of nitrogens with zero attached hydrogens (tertiary/aromatic N) is 2. The van der Waals surface area contributed by atoms with E-state index < -0.39 is 9.84 Å². The van der Waals surface area contributed by atoms with Crippen molar-refractivity contribution in [2.45, 2.75) is 25.8 Å². The number of hydrogen-bond acceptors (Lipinski definition) is 5. The van der Waals surface area contributed by atoms with Crippen molar-refractivity contribution in [2.24, 2.45) is 0 Å². The van der Waals surface area contributed by atoms with Gasteiger partial charge in [-0.05, 0) is 25.0 Å². The summed E-state index contributed by atoms with van der Waals surface area (Å²) in [5.41, 5.74) is 1.22. The van der Waals surface area contributed by atoms with Crippen LogP contribution >= 0.6 is 22.9 Å². The number of halogens is 1. The fourth-order valence-electron chi connectivity index (χ4n) is 2.99. The Morgan fingerprint density at radius 3 is 2.88 bits per heavy atom. The topological polar surface area (TPSA) is 67.3 Å². The van der Waals surface area contributed by atoms with E-state index in [1.54, 1.807) is 16.3 Å². The molecule has 2 heterocycles. The Hall–Kier alpha value is -1.44. The number of rotatable bonds is 5. The molecule has 1 amide bonds. The molecule has 0 bridgehead atoms. The summed E-state index contributed by atoms with van der Waals surface area (Å²) in [4.78, 5) is 19.0. The van der Waals surface area contributed by atoms with Crippen molar-refractivity contribution in [1.29, 1.82) is 0 Å². The van der Waals surface area contributed by atoms with Gasteiger partial charge >= 0.3 is 0 Å². The van der Waals surface area contributed by atoms with E-state index in [1.807, 2.05) is 25.1 Å². The molecular formula is C17H19ClN2O3S2. The van der Waals surface area contributed by atoms with Gasteiger partial charge in [0.25, 0.3) is 5.91 Å². The predicted octanol–water partition coefficient (Wildman–Crippen LogP) is 3.50. The maximum absolute atomic E-state index is 12.9. The summed E-state index contributed by atoms with van der Waals surface area (Å²) in [6.45, 7) is 2.51. The highest BCUT2D eigenvalue weighted by Crippen LogP contribution is 2.27. The van der Waals surface area contributed by atoms with E-state index in [2.05, 4.69) is 4.98 Å². The minimum atomic E-state index is -3.04. The predicted molar refractivity (Wildman–Crippen MR) is 101 cm³/mol. The maximum Gasteiger partial charge on any atom is 0.273 e. The zero-order valence-corrected chi connectivity index (χ0v) is 16.2. The number of sulfone groups is 1. The van der Waals surface area contributed by atoms with Crippen molar-refractivity contribution < 1.29 is 13.2 Å².